The van der Waals surface area contributed by atoms with E-state index >= 15 is 0 Å². The van der Waals surface area contributed by atoms with Crippen molar-refractivity contribution in [3.05, 3.63) is 29.8 Å². The highest BCUT2D eigenvalue weighted by atomic mass is 32.2. The summed E-state index contributed by atoms with van der Waals surface area (Å²) < 4.78 is 27.5. The van der Waals surface area contributed by atoms with Crippen molar-refractivity contribution >= 4 is 16.1 Å². The third-order valence-corrected chi connectivity index (χ3v) is 8.02. The summed E-state index contributed by atoms with van der Waals surface area (Å²) in [6.07, 6.45) is 6.81. The number of hydrogen-bond acceptors (Lipinski definition) is 3. The Kier molecular flexibility index (Phi) is 4.33. The van der Waals surface area contributed by atoms with Gasteiger partial charge in [-0.25, -0.2) is 17.9 Å². The minimum atomic E-state index is -3.87. The fraction of sp³-hybridized carbons (Fsp3) is 0.667. The summed E-state index contributed by atoms with van der Waals surface area (Å²) in [5.41, 5.74) is 0.801. The number of rotatable bonds is 3. The van der Waals surface area contributed by atoms with E-state index in [9.17, 15) is 13.2 Å². The molecular weight excluding hydrogens is 360 g/mol. The molecule has 0 aliphatic heterocycles. The molecule has 0 aromatic heterocycles. The largest absolute Gasteiger partial charge is 0.332 e. The molecule has 0 spiro atoms. The maximum Gasteiger partial charge on any atom is 0.329 e. The molecule has 0 unspecified atom stereocenters. The molecule has 4 aliphatic carbocycles. The van der Waals surface area contributed by atoms with Crippen molar-refractivity contribution < 1.29 is 13.2 Å². The maximum absolute atomic E-state index is 12.6. The highest BCUT2D eigenvalue weighted by Crippen LogP contribution is 2.55. The zero-order valence-electron chi connectivity index (χ0n) is 16.4. The second-order valence-electron chi connectivity index (χ2n) is 10.0. The smallest absolute Gasteiger partial charge is 0.329 e. The topological polar surface area (TPSA) is 75.3 Å². The van der Waals surface area contributed by atoms with Crippen LogP contribution in [-0.2, 0) is 15.4 Å². The third kappa shape index (κ3) is 3.73. The fourth-order valence-electron chi connectivity index (χ4n) is 5.85. The molecule has 148 valence electrons. The first-order valence-corrected chi connectivity index (χ1v) is 11.5. The molecule has 1 aromatic rings. The average Bonchev–Trinajstić information content (AvgIpc) is 2.51. The fourth-order valence-corrected chi connectivity index (χ4v) is 6.75. The van der Waals surface area contributed by atoms with Gasteiger partial charge in [-0.15, -0.1) is 0 Å². The highest BCUT2D eigenvalue weighted by Gasteiger charge is 2.51. The first kappa shape index (κ1) is 18.8. The molecule has 2 N–H and O–H groups in total. The van der Waals surface area contributed by atoms with E-state index in [-0.39, 0.29) is 15.8 Å². The van der Waals surface area contributed by atoms with Crippen molar-refractivity contribution in [3.63, 3.8) is 0 Å². The number of hydrogen-bond donors (Lipinski definition) is 2. The van der Waals surface area contributed by atoms with Gasteiger partial charge < -0.3 is 5.32 Å². The maximum atomic E-state index is 12.6. The van der Waals surface area contributed by atoms with E-state index in [0.29, 0.717) is 17.8 Å². The molecule has 2 amide bonds. The van der Waals surface area contributed by atoms with Crippen LogP contribution in [0, 0.1) is 17.8 Å². The van der Waals surface area contributed by atoms with E-state index < -0.39 is 16.1 Å². The Hall–Kier alpha value is -1.56. The lowest BCUT2D eigenvalue weighted by molar-refractivity contribution is -0.0132. The van der Waals surface area contributed by atoms with Gasteiger partial charge >= 0.3 is 6.03 Å². The first-order chi connectivity index (χ1) is 12.5. The SMILES string of the molecule is CC(C)(C)c1ccc(S(=O)(=O)NC(=O)NC23CC4CC(CC(C4)C2)C3)cc1. The number of sulfonamides is 1. The molecule has 1 aromatic carbocycles. The Morgan fingerprint density at radius 1 is 0.963 bits per heavy atom. The van der Waals surface area contributed by atoms with Crippen LogP contribution in [0.5, 0.6) is 0 Å². The summed E-state index contributed by atoms with van der Waals surface area (Å²) in [6, 6.07) is 6.18. The van der Waals surface area contributed by atoms with Crippen LogP contribution in [-0.4, -0.2) is 20.0 Å². The zero-order valence-corrected chi connectivity index (χ0v) is 17.2. The second-order valence-corrected chi connectivity index (χ2v) is 11.7. The van der Waals surface area contributed by atoms with Gasteiger partial charge in [0.25, 0.3) is 10.0 Å². The molecule has 5 nitrogen and oxygen atoms in total. The van der Waals surface area contributed by atoms with Gasteiger partial charge in [0.2, 0.25) is 0 Å². The predicted octanol–water partition coefficient (Wildman–Crippen LogP) is 3.94. The first-order valence-electron chi connectivity index (χ1n) is 10.0. The molecule has 5 rings (SSSR count). The van der Waals surface area contributed by atoms with Crippen LogP contribution >= 0.6 is 0 Å². The van der Waals surface area contributed by atoms with Crippen molar-refractivity contribution in [1.29, 1.82) is 0 Å². The Balaban J connectivity index is 1.44. The Morgan fingerprint density at radius 3 is 1.89 bits per heavy atom. The average molecular weight is 391 g/mol. The molecular formula is C21H30N2O3S. The molecule has 4 aliphatic rings. The molecule has 0 atom stereocenters. The normalized spacial score (nSPS) is 32.3. The van der Waals surface area contributed by atoms with Crippen LogP contribution in [0.25, 0.3) is 0 Å². The third-order valence-electron chi connectivity index (χ3n) is 6.67. The number of carbonyl (C=O) groups is 1. The monoisotopic (exact) mass is 390 g/mol. The molecule has 4 bridgehead atoms. The van der Waals surface area contributed by atoms with Crippen molar-refractivity contribution in [2.75, 3.05) is 0 Å². The van der Waals surface area contributed by atoms with Crippen molar-refractivity contribution in [2.45, 2.75) is 75.1 Å². The summed E-state index contributed by atoms with van der Waals surface area (Å²) >= 11 is 0. The van der Waals surface area contributed by atoms with Gasteiger partial charge in [-0.3, -0.25) is 0 Å². The van der Waals surface area contributed by atoms with Crippen LogP contribution in [0.4, 0.5) is 4.79 Å². The molecule has 27 heavy (non-hydrogen) atoms. The van der Waals surface area contributed by atoms with Gasteiger partial charge in [0, 0.05) is 5.54 Å². The van der Waals surface area contributed by atoms with Gasteiger partial charge in [-0.05, 0) is 79.4 Å². The van der Waals surface area contributed by atoms with Crippen LogP contribution in [0.1, 0.15) is 64.9 Å². The molecule has 0 radical (unpaired) electrons. The summed E-state index contributed by atoms with van der Waals surface area (Å²) in [5.74, 6) is 2.08. The van der Waals surface area contributed by atoms with Crippen molar-refractivity contribution in [3.8, 4) is 0 Å². The van der Waals surface area contributed by atoms with E-state index in [0.717, 1.165) is 24.8 Å². The van der Waals surface area contributed by atoms with Crippen LogP contribution in [0.15, 0.2) is 29.2 Å². The molecule has 0 heterocycles. The molecule has 4 saturated carbocycles. The minimum Gasteiger partial charge on any atom is -0.332 e. The summed E-state index contributed by atoms with van der Waals surface area (Å²) in [5, 5.41) is 3.06. The van der Waals surface area contributed by atoms with E-state index in [1.54, 1.807) is 12.1 Å². The van der Waals surface area contributed by atoms with Crippen LogP contribution in [0.3, 0.4) is 0 Å². The lowest BCUT2D eigenvalue weighted by atomic mass is 9.53. The number of nitrogens with one attached hydrogen (secondary N) is 2. The number of carbonyl (C=O) groups excluding carboxylic acids is 1. The second kappa shape index (κ2) is 6.23. The standard InChI is InChI=1S/C21H30N2O3S/c1-20(2,3)17-4-6-18(7-5-17)27(25,26)23-19(24)22-21-11-14-8-15(12-21)10-16(9-14)13-21/h4-7,14-16H,8-13H2,1-3H3,(H2,22,23,24). The van der Waals surface area contributed by atoms with Gasteiger partial charge in [0.1, 0.15) is 0 Å². The van der Waals surface area contributed by atoms with Gasteiger partial charge in [-0.1, -0.05) is 32.9 Å². The van der Waals surface area contributed by atoms with Gasteiger partial charge in [-0.2, -0.15) is 0 Å². The molecule has 0 saturated heterocycles. The quantitative estimate of drug-likeness (QED) is 0.821. The number of urea groups is 1. The number of benzene rings is 1. The minimum absolute atomic E-state index is 0.0500. The number of amides is 2. The van der Waals surface area contributed by atoms with Crippen LogP contribution < -0.4 is 10.0 Å². The van der Waals surface area contributed by atoms with E-state index in [1.165, 1.54) is 19.3 Å². The lowest BCUT2D eigenvalue weighted by Crippen LogP contribution is -2.61. The van der Waals surface area contributed by atoms with Crippen molar-refractivity contribution in [1.82, 2.24) is 10.0 Å². The van der Waals surface area contributed by atoms with Gasteiger partial charge in [0.15, 0.2) is 0 Å². The molecule has 4 fully saturated rings. The lowest BCUT2D eigenvalue weighted by Gasteiger charge is -2.56. The van der Waals surface area contributed by atoms with E-state index in [4.69, 9.17) is 0 Å². The zero-order chi connectivity index (χ0) is 19.4. The predicted molar refractivity (Wildman–Crippen MR) is 105 cm³/mol. The Bertz CT molecular complexity index is 802. The van der Waals surface area contributed by atoms with Crippen molar-refractivity contribution in [2.24, 2.45) is 17.8 Å². The van der Waals surface area contributed by atoms with Gasteiger partial charge in [0.05, 0.1) is 4.90 Å². The van der Waals surface area contributed by atoms with Crippen LogP contribution in [0.2, 0.25) is 0 Å². The van der Waals surface area contributed by atoms with E-state index in [2.05, 4.69) is 30.8 Å². The summed E-state index contributed by atoms with van der Waals surface area (Å²) in [6.45, 7) is 6.23. The molecule has 6 heteroatoms. The Labute approximate surface area is 162 Å². The highest BCUT2D eigenvalue weighted by molar-refractivity contribution is 7.90. The Morgan fingerprint density at radius 2 is 1.44 bits per heavy atom. The summed E-state index contributed by atoms with van der Waals surface area (Å²) in [4.78, 5) is 12.7. The summed E-state index contributed by atoms with van der Waals surface area (Å²) in [7, 11) is -3.87. The van der Waals surface area contributed by atoms with E-state index in [1.807, 2.05) is 12.1 Å².